The zero-order chi connectivity index (χ0) is 12.1. The smallest absolute Gasteiger partial charge is 0.237 e. The molecule has 0 saturated carbocycles. The maximum Gasteiger partial charge on any atom is 0.237 e. The number of nitrogens with one attached hydrogen (secondary N) is 1. The van der Waals surface area contributed by atoms with Gasteiger partial charge in [0.05, 0.1) is 7.11 Å². The van der Waals surface area contributed by atoms with Gasteiger partial charge in [-0.1, -0.05) is 30.3 Å². The van der Waals surface area contributed by atoms with Crippen molar-refractivity contribution in [2.24, 2.45) is 7.05 Å². The first kappa shape index (κ1) is 11.7. The molecule has 2 aromatic rings. The lowest BCUT2D eigenvalue weighted by Gasteiger charge is -2.04. The summed E-state index contributed by atoms with van der Waals surface area (Å²) < 4.78 is 6.96. The highest BCUT2D eigenvalue weighted by molar-refractivity contribution is 5.23. The van der Waals surface area contributed by atoms with Crippen LogP contribution in [0.5, 0.6) is 5.88 Å². The summed E-state index contributed by atoms with van der Waals surface area (Å²) in [6, 6.07) is 10.3. The maximum absolute atomic E-state index is 5.20. The molecule has 1 heterocycles. The SMILES string of the molecule is COc1nn(C)cc1CNCc1ccccc1. The third kappa shape index (κ3) is 3.07. The van der Waals surface area contributed by atoms with E-state index >= 15 is 0 Å². The second-order valence-corrected chi connectivity index (χ2v) is 3.93. The Labute approximate surface area is 101 Å². The zero-order valence-corrected chi connectivity index (χ0v) is 10.2. The van der Waals surface area contributed by atoms with Crippen LogP contribution in [0.3, 0.4) is 0 Å². The van der Waals surface area contributed by atoms with Gasteiger partial charge in [0.2, 0.25) is 5.88 Å². The molecule has 0 bridgehead atoms. The topological polar surface area (TPSA) is 39.1 Å². The van der Waals surface area contributed by atoms with Crippen molar-refractivity contribution in [3.05, 3.63) is 47.7 Å². The lowest BCUT2D eigenvalue weighted by atomic mass is 10.2. The number of aromatic nitrogens is 2. The van der Waals surface area contributed by atoms with Gasteiger partial charge >= 0.3 is 0 Å². The van der Waals surface area contributed by atoms with Gasteiger partial charge in [0.1, 0.15) is 0 Å². The molecule has 0 radical (unpaired) electrons. The first-order chi connectivity index (χ1) is 8.29. The number of hydrogen-bond acceptors (Lipinski definition) is 3. The van der Waals surface area contributed by atoms with E-state index in [4.69, 9.17) is 4.74 Å². The van der Waals surface area contributed by atoms with E-state index in [0.717, 1.165) is 18.7 Å². The van der Waals surface area contributed by atoms with Crippen LogP contribution >= 0.6 is 0 Å². The van der Waals surface area contributed by atoms with Crippen molar-refractivity contribution in [3.8, 4) is 5.88 Å². The highest BCUT2D eigenvalue weighted by atomic mass is 16.5. The predicted molar refractivity (Wildman–Crippen MR) is 66.7 cm³/mol. The third-order valence-electron chi connectivity index (χ3n) is 2.55. The quantitative estimate of drug-likeness (QED) is 0.851. The van der Waals surface area contributed by atoms with Gasteiger partial charge in [-0.15, -0.1) is 5.10 Å². The molecule has 0 unspecified atom stereocenters. The fraction of sp³-hybridized carbons (Fsp3) is 0.308. The molecule has 0 amide bonds. The number of methoxy groups -OCH3 is 1. The van der Waals surface area contributed by atoms with Gasteiger partial charge in [-0.3, -0.25) is 4.68 Å². The molecule has 0 atom stereocenters. The van der Waals surface area contributed by atoms with E-state index < -0.39 is 0 Å². The minimum Gasteiger partial charge on any atom is -0.480 e. The fourth-order valence-corrected chi connectivity index (χ4v) is 1.75. The molecule has 90 valence electrons. The van der Waals surface area contributed by atoms with Crippen molar-refractivity contribution in [1.82, 2.24) is 15.1 Å². The Kier molecular flexibility index (Phi) is 3.77. The van der Waals surface area contributed by atoms with Gasteiger partial charge in [0, 0.05) is 31.9 Å². The van der Waals surface area contributed by atoms with Crippen LogP contribution in [0.2, 0.25) is 0 Å². The Bertz CT molecular complexity index is 465. The molecule has 0 aliphatic heterocycles. The number of ether oxygens (including phenoxy) is 1. The molecule has 4 heteroatoms. The molecule has 0 fully saturated rings. The van der Waals surface area contributed by atoms with Crippen molar-refractivity contribution >= 4 is 0 Å². The van der Waals surface area contributed by atoms with Gasteiger partial charge in [0.15, 0.2) is 0 Å². The van der Waals surface area contributed by atoms with Crippen LogP contribution in [0.4, 0.5) is 0 Å². The highest BCUT2D eigenvalue weighted by Crippen LogP contribution is 2.14. The Morgan fingerprint density at radius 2 is 2.00 bits per heavy atom. The average molecular weight is 231 g/mol. The van der Waals surface area contributed by atoms with Crippen LogP contribution in [-0.2, 0) is 20.1 Å². The van der Waals surface area contributed by atoms with E-state index in [0.29, 0.717) is 5.88 Å². The maximum atomic E-state index is 5.20. The zero-order valence-electron chi connectivity index (χ0n) is 10.2. The highest BCUT2D eigenvalue weighted by Gasteiger charge is 2.06. The van der Waals surface area contributed by atoms with E-state index in [-0.39, 0.29) is 0 Å². The van der Waals surface area contributed by atoms with Crippen LogP contribution in [-0.4, -0.2) is 16.9 Å². The number of benzene rings is 1. The molecule has 0 aliphatic rings. The van der Waals surface area contributed by atoms with Gasteiger partial charge in [0.25, 0.3) is 0 Å². The summed E-state index contributed by atoms with van der Waals surface area (Å²) in [5.74, 6) is 0.688. The third-order valence-corrected chi connectivity index (χ3v) is 2.55. The van der Waals surface area contributed by atoms with E-state index in [1.54, 1.807) is 11.8 Å². The van der Waals surface area contributed by atoms with E-state index in [2.05, 4.69) is 22.5 Å². The first-order valence-electron chi connectivity index (χ1n) is 5.60. The Hall–Kier alpha value is -1.81. The summed E-state index contributed by atoms with van der Waals surface area (Å²) in [5, 5.41) is 7.58. The van der Waals surface area contributed by atoms with E-state index in [1.165, 1.54) is 5.56 Å². The van der Waals surface area contributed by atoms with Gasteiger partial charge in [-0.05, 0) is 5.56 Å². The number of rotatable bonds is 5. The molecule has 0 aliphatic carbocycles. The summed E-state index contributed by atoms with van der Waals surface area (Å²) in [6.07, 6.45) is 1.97. The molecule has 17 heavy (non-hydrogen) atoms. The molecule has 2 rings (SSSR count). The lowest BCUT2D eigenvalue weighted by Crippen LogP contribution is -2.12. The summed E-state index contributed by atoms with van der Waals surface area (Å²) in [6.45, 7) is 1.60. The van der Waals surface area contributed by atoms with Crippen LogP contribution < -0.4 is 10.1 Å². The normalized spacial score (nSPS) is 10.5. The van der Waals surface area contributed by atoms with Gasteiger partial charge in [-0.25, -0.2) is 0 Å². The molecule has 0 saturated heterocycles. The van der Waals surface area contributed by atoms with Crippen molar-refractivity contribution in [3.63, 3.8) is 0 Å². The summed E-state index contributed by atoms with van der Waals surface area (Å²) in [4.78, 5) is 0. The molecule has 1 N–H and O–H groups in total. The molecule has 1 aromatic carbocycles. The van der Waals surface area contributed by atoms with Gasteiger partial charge in [-0.2, -0.15) is 0 Å². The van der Waals surface area contributed by atoms with E-state index in [9.17, 15) is 0 Å². The van der Waals surface area contributed by atoms with Crippen molar-refractivity contribution < 1.29 is 4.74 Å². The summed E-state index contributed by atoms with van der Waals surface area (Å²) in [5.41, 5.74) is 2.35. The van der Waals surface area contributed by atoms with Crippen LogP contribution in [0.25, 0.3) is 0 Å². The largest absolute Gasteiger partial charge is 0.480 e. The standard InChI is InChI=1S/C13H17N3O/c1-16-10-12(13(15-16)17-2)9-14-8-11-6-4-3-5-7-11/h3-7,10,14H,8-9H2,1-2H3. The summed E-state index contributed by atoms with van der Waals surface area (Å²) >= 11 is 0. The second kappa shape index (κ2) is 5.50. The van der Waals surface area contributed by atoms with Crippen molar-refractivity contribution in [2.75, 3.05) is 7.11 Å². The molecule has 0 spiro atoms. The van der Waals surface area contributed by atoms with Crippen molar-refractivity contribution in [1.29, 1.82) is 0 Å². The molecule has 4 nitrogen and oxygen atoms in total. The van der Waals surface area contributed by atoms with Crippen molar-refractivity contribution in [2.45, 2.75) is 13.1 Å². The lowest BCUT2D eigenvalue weighted by molar-refractivity contribution is 0.386. The second-order valence-electron chi connectivity index (χ2n) is 3.93. The number of aryl methyl sites for hydroxylation is 1. The Balaban J connectivity index is 1.90. The minimum absolute atomic E-state index is 0.688. The van der Waals surface area contributed by atoms with Crippen LogP contribution in [0, 0.1) is 0 Å². The minimum atomic E-state index is 0.688. The summed E-state index contributed by atoms with van der Waals surface area (Å²) in [7, 11) is 3.53. The van der Waals surface area contributed by atoms with Gasteiger partial charge < -0.3 is 10.1 Å². The predicted octanol–water partition coefficient (Wildman–Crippen LogP) is 1.72. The first-order valence-corrected chi connectivity index (χ1v) is 5.60. The molecule has 1 aromatic heterocycles. The average Bonchev–Trinajstić information content (AvgIpc) is 2.71. The molecular formula is C13H17N3O. The van der Waals surface area contributed by atoms with E-state index in [1.807, 2.05) is 31.4 Å². The number of hydrogen-bond donors (Lipinski definition) is 1. The monoisotopic (exact) mass is 231 g/mol. The van der Waals surface area contributed by atoms with Crippen LogP contribution in [0.15, 0.2) is 36.5 Å². The molecular weight excluding hydrogens is 214 g/mol. The Morgan fingerprint density at radius 3 is 2.71 bits per heavy atom. The fourth-order valence-electron chi connectivity index (χ4n) is 1.75. The Morgan fingerprint density at radius 1 is 1.24 bits per heavy atom. The van der Waals surface area contributed by atoms with Crippen LogP contribution in [0.1, 0.15) is 11.1 Å². The number of nitrogens with zero attached hydrogens (tertiary/aromatic N) is 2.